The maximum Gasteiger partial charge on any atom is 0.313 e. The highest BCUT2D eigenvalue weighted by Gasteiger charge is 2.23. The zero-order valence-electron chi connectivity index (χ0n) is 11.0. The highest BCUT2D eigenvalue weighted by atomic mass is 79.9. The highest BCUT2D eigenvalue weighted by molar-refractivity contribution is 9.10. The summed E-state index contributed by atoms with van der Waals surface area (Å²) in [6.45, 7) is 1.92. The smallest absolute Gasteiger partial charge is 0.313 e. The Bertz CT molecular complexity index is 484. The predicted molar refractivity (Wildman–Crippen MR) is 72.8 cm³/mol. The molecule has 0 aliphatic carbocycles. The summed E-state index contributed by atoms with van der Waals surface area (Å²) in [6, 6.07) is 3.34. The largest absolute Gasteiger partial charge is 0.496 e. The number of halogens is 1. The fourth-order valence-corrected chi connectivity index (χ4v) is 2.10. The van der Waals surface area contributed by atoms with Crippen molar-refractivity contribution < 1.29 is 23.8 Å². The molecule has 0 saturated carbocycles. The Balaban J connectivity index is 3.13. The molecule has 1 aromatic carbocycles. The van der Waals surface area contributed by atoms with Gasteiger partial charge >= 0.3 is 5.97 Å². The quantitative estimate of drug-likeness (QED) is 0.455. The van der Waals surface area contributed by atoms with Gasteiger partial charge in [0, 0.05) is 0 Å². The first-order valence-electron chi connectivity index (χ1n) is 5.64. The summed E-state index contributed by atoms with van der Waals surface area (Å²) in [7, 11) is 2.89. The SMILES string of the molecule is CCOC(=O)CC(=O)c1c(OC)ccc(Br)c1OC. The predicted octanol–water partition coefficient (Wildman–Crippen LogP) is 2.60. The molecule has 0 spiro atoms. The van der Waals surface area contributed by atoms with Gasteiger partial charge in [0.25, 0.3) is 0 Å². The van der Waals surface area contributed by atoms with Gasteiger partial charge < -0.3 is 14.2 Å². The number of Topliss-reactive ketones (excluding diaryl/α,β-unsaturated/α-hetero) is 1. The molecule has 0 aliphatic heterocycles. The van der Waals surface area contributed by atoms with Crippen molar-refractivity contribution in [2.45, 2.75) is 13.3 Å². The van der Waals surface area contributed by atoms with Crippen LogP contribution in [0.25, 0.3) is 0 Å². The molecule has 0 heterocycles. The van der Waals surface area contributed by atoms with E-state index >= 15 is 0 Å². The number of carbonyl (C=O) groups excluding carboxylic acids is 2. The average molecular weight is 331 g/mol. The first-order valence-corrected chi connectivity index (χ1v) is 6.43. The van der Waals surface area contributed by atoms with Crippen LogP contribution < -0.4 is 9.47 Å². The lowest BCUT2D eigenvalue weighted by molar-refractivity contribution is -0.141. The van der Waals surface area contributed by atoms with Gasteiger partial charge in [-0.3, -0.25) is 9.59 Å². The molecule has 0 fully saturated rings. The molecule has 0 unspecified atom stereocenters. The summed E-state index contributed by atoms with van der Waals surface area (Å²) >= 11 is 3.29. The number of methoxy groups -OCH3 is 2. The monoisotopic (exact) mass is 330 g/mol. The van der Waals surface area contributed by atoms with Crippen LogP contribution in [-0.4, -0.2) is 32.6 Å². The van der Waals surface area contributed by atoms with E-state index in [-0.39, 0.29) is 18.6 Å². The highest BCUT2D eigenvalue weighted by Crippen LogP contribution is 2.36. The maximum atomic E-state index is 12.2. The van der Waals surface area contributed by atoms with Crippen LogP contribution >= 0.6 is 15.9 Å². The number of esters is 1. The van der Waals surface area contributed by atoms with Crippen LogP contribution in [0.1, 0.15) is 23.7 Å². The molecule has 104 valence electrons. The fraction of sp³-hybridized carbons (Fsp3) is 0.385. The fourth-order valence-electron chi connectivity index (χ4n) is 1.60. The van der Waals surface area contributed by atoms with Gasteiger partial charge in [-0.25, -0.2) is 0 Å². The Hall–Kier alpha value is -1.56. The summed E-state index contributed by atoms with van der Waals surface area (Å²) in [6.07, 6.45) is -0.350. The van der Waals surface area contributed by atoms with E-state index in [1.807, 2.05) is 0 Å². The van der Waals surface area contributed by atoms with Gasteiger partial charge in [0.2, 0.25) is 0 Å². The summed E-state index contributed by atoms with van der Waals surface area (Å²) in [5.74, 6) is -0.284. The van der Waals surface area contributed by atoms with Crippen molar-refractivity contribution in [2.75, 3.05) is 20.8 Å². The third-order valence-electron chi connectivity index (χ3n) is 2.38. The van der Waals surface area contributed by atoms with Crippen LogP contribution in [0, 0.1) is 0 Å². The van der Waals surface area contributed by atoms with Crippen LogP contribution in [0.3, 0.4) is 0 Å². The number of ether oxygens (including phenoxy) is 3. The minimum Gasteiger partial charge on any atom is -0.496 e. The van der Waals surface area contributed by atoms with Crippen LogP contribution in [0.2, 0.25) is 0 Å². The van der Waals surface area contributed by atoms with Crippen molar-refractivity contribution >= 4 is 27.7 Å². The molecular weight excluding hydrogens is 316 g/mol. The summed E-state index contributed by atoms with van der Waals surface area (Å²) in [5, 5.41) is 0. The maximum absolute atomic E-state index is 12.2. The van der Waals surface area contributed by atoms with E-state index in [1.165, 1.54) is 14.2 Å². The van der Waals surface area contributed by atoms with E-state index < -0.39 is 11.8 Å². The van der Waals surface area contributed by atoms with Crippen molar-refractivity contribution in [1.82, 2.24) is 0 Å². The number of hydrogen-bond acceptors (Lipinski definition) is 5. The number of benzene rings is 1. The third kappa shape index (κ3) is 3.70. The molecule has 5 nitrogen and oxygen atoms in total. The number of ketones is 1. The third-order valence-corrected chi connectivity index (χ3v) is 3.01. The molecule has 0 aromatic heterocycles. The Morgan fingerprint density at radius 1 is 1.21 bits per heavy atom. The van der Waals surface area contributed by atoms with Gasteiger partial charge in [-0.05, 0) is 35.0 Å². The molecule has 0 aliphatic rings. The molecule has 0 atom stereocenters. The summed E-state index contributed by atoms with van der Waals surface area (Å²) in [5.41, 5.74) is 0.229. The Morgan fingerprint density at radius 2 is 1.89 bits per heavy atom. The summed E-state index contributed by atoms with van der Waals surface area (Å²) in [4.78, 5) is 23.5. The molecule has 6 heteroatoms. The first kappa shape index (κ1) is 15.5. The molecule has 1 aromatic rings. The number of rotatable bonds is 6. The lowest BCUT2D eigenvalue weighted by atomic mass is 10.1. The Kier molecular flexibility index (Phi) is 5.82. The molecular formula is C13H15BrO5. The van der Waals surface area contributed by atoms with Gasteiger partial charge in [-0.1, -0.05) is 0 Å². The van der Waals surface area contributed by atoms with Crippen molar-refractivity contribution in [1.29, 1.82) is 0 Å². The van der Waals surface area contributed by atoms with Gasteiger partial charge in [0.1, 0.15) is 23.5 Å². The van der Waals surface area contributed by atoms with Crippen LogP contribution in [-0.2, 0) is 9.53 Å². The molecule has 0 N–H and O–H groups in total. The minimum absolute atomic E-state index is 0.229. The van der Waals surface area contributed by atoms with E-state index in [0.717, 1.165) is 0 Å². The molecule has 1 rings (SSSR count). The van der Waals surface area contributed by atoms with E-state index in [0.29, 0.717) is 16.0 Å². The molecule has 19 heavy (non-hydrogen) atoms. The summed E-state index contributed by atoms with van der Waals surface area (Å²) < 4.78 is 15.7. The van der Waals surface area contributed by atoms with Crippen molar-refractivity contribution in [2.24, 2.45) is 0 Å². The van der Waals surface area contributed by atoms with Crippen molar-refractivity contribution in [3.63, 3.8) is 0 Å². The van der Waals surface area contributed by atoms with Crippen molar-refractivity contribution in [3.8, 4) is 11.5 Å². The molecule has 0 amide bonds. The zero-order valence-corrected chi connectivity index (χ0v) is 12.6. The van der Waals surface area contributed by atoms with Gasteiger partial charge in [0.05, 0.1) is 25.3 Å². The second-order valence-corrected chi connectivity index (χ2v) is 4.42. The van der Waals surface area contributed by atoms with E-state index in [2.05, 4.69) is 15.9 Å². The standard InChI is InChI=1S/C13H15BrO5/c1-4-19-11(16)7-9(15)12-10(17-2)6-5-8(14)13(12)18-3/h5-6H,4,7H2,1-3H3. The van der Waals surface area contributed by atoms with Crippen molar-refractivity contribution in [3.05, 3.63) is 22.2 Å². The zero-order chi connectivity index (χ0) is 14.4. The second kappa shape index (κ2) is 7.13. The Morgan fingerprint density at radius 3 is 2.42 bits per heavy atom. The molecule has 0 radical (unpaired) electrons. The average Bonchev–Trinajstić information content (AvgIpc) is 2.38. The topological polar surface area (TPSA) is 61.8 Å². The van der Waals surface area contributed by atoms with Crippen LogP contribution in [0.4, 0.5) is 0 Å². The number of hydrogen-bond donors (Lipinski definition) is 0. The Labute approximate surface area is 120 Å². The van der Waals surface area contributed by atoms with Gasteiger partial charge in [0.15, 0.2) is 5.78 Å². The van der Waals surface area contributed by atoms with Gasteiger partial charge in [-0.2, -0.15) is 0 Å². The lowest BCUT2D eigenvalue weighted by Gasteiger charge is -2.13. The van der Waals surface area contributed by atoms with E-state index in [4.69, 9.17) is 14.2 Å². The second-order valence-electron chi connectivity index (χ2n) is 3.56. The first-order chi connectivity index (χ1) is 9.04. The minimum atomic E-state index is -0.573. The lowest BCUT2D eigenvalue weighted by Crippen LogP contribution is -2.13. The number of carbonyl (C=O) groups is 2. The molecule has 0 saturated heterocycles. The van der Waals surface area contributed by atoms with Crippen LogP contribution in [0.15, 0.2) is 16.6 Å². The van der Waals surface area contributed by atoms with Gasteiger partial charge in [-0.15, -0.1) is 0 Å². The normalized spacial score (nSPS) is 9.89. The van der Waals surface area contributed by atoms with E-state index in [1.54, 1.807) is 19.1 Å². The van der Waals surface area contributed by atoms with E-state index in [9.17, 15) is 9.59 Å². The van der Waals surface area contributed by atoms with Crippen LogP contribution in [0.5, 0.6) is 11.5 Å². The molecule has 0 bridgehead atoms.